The second-order valence-corrected chi connectivity index (χ2v) is 6.68. The molecule has 0 bridgehead atoms. The third-order valence-electron chi connectivity index (χ3n) is 3.58. The molecule has 6 N–H and O–H groups in total. The van der Waals surface area contributed by atoms with Gasteiger partial charge in [-0.25, -0.2) is 4.98 Å². The lowest BCUT2D eigenvalue weighted by Gasteiger charge is -2.19. The van der Waals surface area contributed by atoms with Crippen molar-refractivity contribution in [2.24, 2.45) is 16.5 Å². The third kappa shape index (κ3) is 5.58. The maximum atomic E-state index is 13.0. The Kier molecular flexibility index (Phi) is 5.74. The molecule has 1 saturated carbocycles. The van der Waals surface area contributed by atoms with Crippen molar-refractivity contribution in [3.05, 3.63) is 23.5 Å². The number of nitrogens with two attached hydrogens (primary N) is 2. The molecule has 0 aliphatic heterocycles. The largest absolute Gasteiger partial charge is 0.421 e. The van der Waals surface area contributed by atoms with Gasteiger partial charge in [-0.05, 0) is 33.6 Å². The third-order valence-corrected chi connectivity index (χ3v) is 3.58. The molecule has 0 saturated heterocycles. The molecule has 0 aromatic carbocycles. The number of nitrogens with one attached hydrogen (secondary N) is 2. The molecular formula is C16H24F3N7. The van der Waals surface area contributed by atoms with Crippen LogP contribution in [0, 0.1) is 0 Å². The van der Waals surface area contributed by atoms with Gasteiger partial charge in [0.15, 0.2) is 0 Å². The van der Waals surface area contributed by atoms with Crippen LogP contribution >= 0.6 is 0 Å². The second kappa shape index (κ2) is 7.48. The van der Waals surface area contributed by atoms with Gasteiger partial charge in [0.25, 0.3) is 0 Å². The molecule has 1 fully saturated rings. The number of nitrogens with zero attached hydrogens (tertiary/aromatic N) is 3. The van der Waals surface area contributed by atoms with E-state index < -0.39 is 17.3 Å². The van der Waals surface area contributed by atoms with Crippen LogP contribution in [-0.4, -0.2) is 33.9 Å². The zero-order valence-electron chi connectivity index (χ0n) is 15.0. The molecular weight excluding hydrogens is 347 g/mol. The van der Waals surface area contributed by atoms with Crippen LogP contribution in [0.25, 0.3) is 0 Å². The van der Waals surface area contributed by atoms with Crippen LogP contribution in [0.1, 0.15) is 39.2 Å². The first-order chi connectivity index (χ1) is 12.0. The summed E-state index contributed by atoms with van der Waals surface area (Å²) in [7, 11) is 0. The minimum atomic E-state index is -4.55. The molecule has 0 spiro atoms. The zero-order chi connectivity index (χ0) is 19.5. The summed E-state index contributed by atoms with van der Waals surface area (Å²) >= 11 is 0. The van der Waals surface area contributed by atoms with Crippen molar-refractivity contribution in [3.8, 4) is 0 Å². The van der Waals surface area contributed by atoms with Crippen molar-refractivity contribution in [2.45, 2.75) is 51.4 Å². The van der Waals surface area contributed by atoms with Crippen molar-refractivity contribution >= 4 is 17.6 Å². The molecule has 0 amide bonds. The van der Waals surface area contributed by atoms with E-state index in [0.29, 0.717) is 11.5 Å². The monoisotopic (exact) mass is 371 g/mol. The number of aromatic nitrogens is 2. The highest BCUT2D eigenvalue weighted by molar-refractivity contribution is 6.03. The fraction of sp³-hybridized carbons (Fsp3) is 0.562. The van der Waals surface area contributed by atoms with Gasteiger partial charge in [0.05, 0.1) is 6.04 Å². The Hall–Kier alpha value is -2.36. The SMILES string of the molecule is CCNc1nc(NC(C=C(N)C(C)(C)N)=NC2CC2)ncc1C(F)(F)F. The molecule has 1 aliphatic carbocycles. The quantitative estimate of drug-likeness (QED) is 0.451. The number of amidine groups is 1. The van der Waals surface area contributed by atoms with E-state index in [1.165, 1.54) is 0 Å². The Morgan fingerprint density at radius 3 is 2.54 bits per heavy atom. The number of aliphatic imine (C=N–C) groups is 1. The maximum Gasteiger partial charge on any atom is 0.421 e. The van der Waals surface area contributed by atoms with E-state index in [4.69, 9.17) is 11.5 Å². The number of hydrogen-bond acceptors (Lipinski definition) is 6. The van der Waals surface area contributed by atoms with E-state index in [2.05, 4.69) is 25.6 Å². The summed E-state index contributed by atoms with van der Waals surface area (Å²) in [5, 5.41) is 5.44. The van der Waals surface area contributed by atoms with Crippen LogP contribution < -0.4 is 22.1 Å². The molecule has 1 aromatic heterocycles. The molecule has 7 nitrogen and oxygen atoms in total. The summed E-state index contributed by atoms with van der Waals surface area (Å²) < 4.78 is 39.1. The number of rotatable bonds is 6. The summed E-state index contributed by atoms with van der Waals surface area (Å²) in [4.78, 5) is 12.1. The summed E-state index contributed by atoms with van der Waals surface area (Å²) in [5.74, 6) is 0.0670. The minimum absolute atomic E-state index is 0.00720. The molecule has 26 heavy (non-hydrogen) atoms. The lowest BCUT2D eigenvalue weighted by molar-refractivity contribution is -0.137. The fourth-order valence-electron chi connectivity index (χ4n) is 1.91. The second-order valence-electron chi connectivity index (χ2n) is 6.68. The lowest BCUT2D eigenvalue weighted by Crippen LogP contribution is -2.39. The van der Waals surface area contributed by atoms with Crippen LogP contribution in [0.3, 0.4) is 0 Å². The van der Waals surface area contributed by atoms with E-state index in [9.17, 15) is 13.2 Å². The first-order valence-electron chi connectivity index (χ1n) is 8.30. The lowest BCUT2D eigenvalue weighted by atomic mass is 10.0. The van der Waals surface area contributed by atoms with Crippen molar-refractivity contribution in [1.29, 1.82) is 0 Å². The van der Waals surface area contributed by atoms with Crippen LogP contribution in [0.15, 0.2) is 23.0 Å². The molecule has 1 heterocycles. The van der Waals surface area contributed by atoms with E-state index in [1.54, 1.807) is 26.8 Å². The van der Waals surface area contributed by atoms with Gasteiger partial charge in [-0.2, -0.15) is 18.2 Å². The minimum Gasteiger partial charge on any atom is -0.400 e. The topological polar surface area (TPSA) is 114 Å². The van der Waals surface area contributed by atoms with Gasteiger partial charge in [-0.3, -0.25) is 4.99 Å². The van der Waals surface area contributed by atoms with Crippen molar-refractivity contribution < 1.29 is 13.2 Å². The molecule has 0 radical (unpaired) electrons. The van der Waals surface area contributed by atoms with Gasteiger partial charge in [0, 0.05) is 30.1 Å². The summed E-state index contributed by atoms with van der Waals surface area (Å²) in [5.41, 5.74) is 10.6. The van der Waals surface area contributed by atoms with E-state index in [0.717, 1.165) is 19.0 Å². The standard InChI is InChI=1S/C16H24F3N7/c1-4-22-13-10(16(17,18)19)8-23-14(26-13)25-12(24-9-5-6-9)7-11(20)15(2,3)21/h7-9H,4-6,20-21H2,1-3H3,(H2,22,23,24,25,26). The number of alkyl halides is 3. The van der Waals surface area contributed by atoms with Crippen LogP contribution in [0.2, 0.25) is 0 Å². The molecule has 0 atom stereocenters. The van der Waals surface area contributed by atoms with E-state index in [-0.39, 0.29) is 24.4 Å². The normalized spacial score (nSPS) is 16.6. The molecule has 0 unspecified atom stereocenters. The smallest absolute Gasteiger partial charge is 0.400 e. The van der Waals surface area contributed by atoms with Gasteiger partial charge < -0.3 is 22.1 Å². The maximum absolute atomic E-state index is 13.0. The number of halogens is 3. The molecule has 1 aliphatic rings. The molecule has 144 valence electrons. The Labute approximate surface area is 150 Å². The van der Waals surface area contributed by atoms with Crippen LogP contribution in [0.5, 0.6) is 0 Å². The van der Waals surface area contributed by atoms with Gasteiger partial charge in [0.2, 0.25) is 5.95 Å². The van der Waals surface area contributed by atoms with Crippen molar-refractivity contribution in [3.63, 3.8) is 0 Å². The van der Waals surface area contributed by atoms with Crippen molar-refractivity contribution in [1.82, 2.24) is 9.97 Å². The summed E-state index contributed by atoms with van der Waals surface area (Å²) in [6.07, 6.45) is -0.355. The predicted octanol–water partition coefficient (Wildman–Crippen LogP) is 2.48. The van der Waals surface area contributed by atoms with Crippen molar-refractivity contribution in [2.75, 3.05) is 17.2 Å². The Bertz CT molecular complexity index is 701. The van der Waals surface area contributed by atoms with Crippen LogP contribution in [-0.2, 0) is 6.18 Å². The zero-order valence-corrected chi connectivity index (χ0v) is 15.0. The average Bonchev–Trinajstić information content (AvgIpc) is 3.29. The first-order valence-corrected chi connectivity index (χ1v) is 8.30. The number of hydrogen-bond donors (Lipinski definition) is 4. The summed E-state index contributed by atoms with van der Waals surface area (Å²) in [6.45, 7) is 5.45. The van der Waals surface area contributed by atoms with E-state index >= 15 is 0 Å². The Balaban J connectivity index is 2.32. The highest BCUT2D eigenvalue weighted by Gasteiger charge is 2.35. The number of anilines is 2. The van der Waals surface area contributed by atoms with Crippen LogP contribution in [0.4, 0.5) is 24.9 Å². The highest BCUT2D eigenvalue weighted by atomic mass is 19.4. The predicted molar refractivity (Wildman–Crippen MR) is 95.8 cm³/mol. The average molecular weight is 371 g/mol. The summed E-state index contributed by atoms with van der Waals surface area (Å²) in [6, 6.07) is 0.158. The van der Waals surface area contributed by atoms with Gasteiger partial charge in [-0.15, -0.1) is 0 Å². The van der Waals surface area contributed by atoms with Gasteiger partial charge in [0.1, 0.15) is 17.2 Å². The molecule has 1 aromatic rings. The molecule has 2 rings (SSSR count). The van der Waals surface area contributed by atoms with E-state index in [1.807, 2.05) is 0 Å². The highest BCUT2D eigenvalue weighted by Crippen LogP contribution is 2.33. The van der Waals surface area contributed by atoms with Gasteiger partial charge in [-0.1, -0.05) is 0 Å². The van der Waals surface area contributed by atoms with Gasteiger partial charge >= 0.3 is 6.18 Å². The Morgan fingerprint density at radius 2 is 2.04 bits per heavy atom. The Morgan fingerprint density at radius 1 is 1.38 bits per heavy atom. The fourth-order valence-corrected chi connectivity index (χ4v) is 1.91. The molecule has 10 heteroatoms. The first kappa shape index (κ1) is 20.0.